The van der Waals surface area contributed by atoms with Gasteiger partial charge in [0.1, 0.15) is 28.5 Å². The SMILES string of the molecule is CCc1cnc(Cn2c(C)cc(OCc3ccc(F)cc3F)c(Br)c2=O)cn1. The van der Waals surface area contributed by atoms with Crippen molar-refractivity contribution in [1.29, 1.82) is 0 Å². The molecular weight excluding hydrogens is 432 g/mol. The quantitative estimate of drug-likeness (QED) is 0.566. The zero-order valence-corrected chi connectivity index (χ0v) is 17.0. The summed E-state index contributed by atoms with van der Waals surface area (Å²) < 4.78 is 34.1. The van der Waals surface area contributed by atoms with Crippen LogP contribution in [0.2, 0.25) is 0 Å². The van der Waals surface area contributed by atoms with Crippen LogP contribution in [0.4, 0.5) is 8.78 Å². The molecule has 2 heterocycles. The third kappa shape index (κ3) is 4.44. The van der Waals surface area contributed by atoms with E-state index in [0.29, 0.717) is 11.4 Å². The van der Waals surface area contributed by atoms with Crippen molar-refractivity contribution in [2.75, 3.05) is 0 Å². The molecule has 0 bridgehead atoms. The van der Waals surface area contributed by atoms with Gasteiger partial charge in [0.15, 0.2) is 0 Å². The number of benzene rings is 1. The summed E-state index contributed by atoms with van der Waals surface area (Å²) in [6, 6.07) is 4.94. The first kappa shape index (κ1) is 20.1. The number of nitrogens with zero attached hydrogens (tertiary/aromatic N) is 3. The van der Waals surface area contributed by atoms with Crippen molar-refractivity contribution in [3.63, 3.8) is 0 Å². The van der Waals surface area contributed by atoms with E-state index in [1.54, 1.807) is 30.0 Å². The van der Waals surface area contributed by atoms with Crippen LogP contribution in [0.15, 0.2) is 45.9 Å². The molecule has 3 rings (SSSR count). The average molecular weight is 450 g/mol. The van der Waals surface area contributed by atoms with Gasteiger partial charge in [0.05, 0.1) is 24.1 Å². The second-order valence-corrected chi connectivity index (χ2v) is 7.03. The molecule has 5 nitrogen and oxygen atoms in total. The van der Waals surface area contributed by atoms with Crippen LogP contribution in [-0.4, -0.2) is 14.5 Å². The summed E-state index contributed by atoms with van der Waals surface area (Å²) in [5, 5.41) is 0. The lowest BCUT2D eigenvalue weighted by Crippen LogP contribution is -2.24. The van der Waals surface area contributed by atoms with Gasteiger partial charge >= 0.3 is 0 Å². The maximum Gasteiger partial charge on any atom is 0.269 e. The van der Waals surface area contributed by atoms with E-state index in [2.05, 4.69) is 25.9 Å². The summed E-state index contributed by atoms with van der Waals surface area (Å²) in [6.07, 6.45) is 4.14. The van der Waals surface area contributed by atoms with Gasteiger partial charge in [-0.2, -0.15) is 0 Å². The molecule has 0 aliphatic carbocycles. The molecule has 0 aliphatic heterocycles. The van der Waals surface area contributed by atoms with Gasteiger partial charge in [-0.05, 0) is 41.4 Å². The number of pyridine rings is 1. The molecule has 0 spiro atoms. The van der Waals surface area contributed by atoms with Crippen molar-refractivity contribution in [2.45, 2.75) is 33.4 Å². The van der Waals surface area contributed by atoms with E-state index >= 15 is 0 Å². The van der Waals surface area contributed by atoms with E-state index < -0.39 is 11.6 Å². The Kier molecular flexibility index (Phi) is 6.18. The van der Waals surface area contributed by atoms with Gasteiger partial charge in [0.25, 0.3) is 5.56 Å². The van der Waals surface area contributed by atoms with Gasteiger partial charge in [-0.3, -0.25) is 14.8 Å². The summed E-state index contributed by atoms with van der Waals surface area (Å²) in [5.74, 6) is -1.07. The fraction of sp³-hybridized carbons (Fsp3) is 0.250. The van der Waals surface area contributed by atoms with Gasteiger partial charge in [-0.1, -0.05) is 6.92 Å². The number of rotatable bonds is 6. The number of halogens is 3. The predicted molar refractivity (Wildman–Crippen MR) is 104 cm³/mol. The lowest BCUT2D eigenvalue weighted by molar-refractivity contribution is 0.295. The average Bonchev–Trinajstić information content (AvgIpc) is 2.68. The Morgan fingerprint density at radius 3 is 2.50 bits per heavy atom. The molecule has 0 aliphatic rings. The molecule has 0 saturated heterocycles. The van der Waals surface area contributed by atoms with E-state index in [9.17, 15) is 13.6 Å². The molecule has 0 saturated carbocycles. The number of hydrogen-bond acceptors (Lipinski definition) is 4. The van der Waals surface area contributed by atoms with Crippen LogP contribution in [0, 0.1) is 18.6 Å². The molecule has 0 unspecified atom stereocenters. The third-order valence-corrected chi connectivity index (χ3v) is 4.98. The molecule has 8 heteroatoms. The second kappa shape index (κ2) is 8.60. The van der Waals surface area contributed by atoms with E-state index in [4.69, 9.17) is 4.74 Å². The van der Waals surface area contributed by atoms with Crippen LogP contribution >= 0.6 is 15.9 Å². The van der Waals surface area contributed by atoms with Crippen LogP contribution in [-0.2, 0) is 19.6 Å². The van der Waals surface area contributed by atoms with Gasteiger partial charge in [-0.15, -0.1) is 0 Å². The molecule has 0 radical (unpaired) electrons. The van der Waals surface area contributed by atoms with Crippen molar-refractivity contribution in [2.24, 2.45) is 0 Å². The fourth-order valence-corrected chi connectivity index (χ4v) is 3.06. The first-order valence-electron chi connectivity index (χ1n) is 8.65. The molecule has 1 aromatic carbocycles. The second-order valence-electron chi connectivity index (χ2n) is 6.23. The predicted octanol–water partition coefficient (Wildman–Crippen LogP) is 4.18. The Morgan fingerprint density at radius 2 is 1.86 bits per heavy atom. The van der Waals surface area contributed by atoms with Gasteiger partial charge in [-0.25, -0.2) is 8.78 Å². The van der Waals surface area contributed by atoms with Crippen LogP contribution in [0.3, 0.4) is 0 Å². The molecule has 0 amide bonds. The zero-order chi connectivity index (χ0) is 20.3. The number of aryl methyl sites for hydroxylation is 2. The topological polar surface area (TPSA) is 57.0 Å². The van der Waals surface area contributed by atoms with Crippen molar-refractivity contribution < 1.29 is 13.5 Å². The number of aromatic nitrogens is 3. The smallest absolute Gasteiger partial charge is 0.269 e. The Hall–Kier alpha value is -2.61. The summed E-state index contributed by atoms with van der Waals surface area (Å²) in [5.41, 5.74) is 2.10. The molecule has 28 heavy (non-hydrogen) atoms. The molecule has 0 N–H and O–H groups in total. The molecule has 0 atom stereocenters. The van der Waals surface area contributed by atoms with Crippen molar-refractivity contribution in [3.05, 3.63) is 85.8 Å². The highest BCUT2D eigenvalue weighted by Gasteiger charge is 2.14. The Balaban J connectivity index is 1.82. The first-order valence-corrected chi connectivity index (χ1v) is 9.44. The monoisotopic (exact) mass is 449 g/mol. The largest absolute Gasteiger partial charge is 0.487 e. The minimum atomic E-state index is -0.699. The van der Waals surface area contributed by atoms with E-state index in [1.165, 1.54) is 6.07 Å². The summed E-state index contributed by atoms with van der Waals surface area (Å²) in [4.78, 5) is 21.3. The lowest BCUT2D eigenvalue weighted by atomic mass is 10.2. The van der Waals surface area contributed by atoms with Crippen LogP contribution in [0.5, 0.6) is 5.75 Å². The molecule has 2 aromatic heterocycles. The van der Waals surface area contributed by atoms with Crippen molar-refractivity contribution in [3.8, 4) is 5.75 Å². The minimum absolute atomic E-state index is 0.127. The highest BCUT2D eigenvalue weighted by atomic mass is 79.9. The van der Waals surface area contributed by atoms with Crippen molar-refractivity contribution in [1.82, 2.24) is 14.5 Å². The maximum absolute atomic E-state index is 13.8. The van der Waals surface area contributed by atoms with Gasteiger partial charge in [0.2, 0.25) is 0 Å². The summed E-state index contributed by atoms with van der Waals surface area (Å²) in [6.45, 7) is 3.91. The Bertz CT molecular complexity index is 1050. The van der Waals surface area contributed by atoms with E-state index in [-0.39, 0.29) is 34.5 Å². The van der Waals surface area contributed by atoms with Crippen LogP contribution < -0.4 is 10.3 Å². The molecule has 146 valence electrons. The van der Waals surface area contributed by atoms with E-state index in [1.807, 2.05) is 6.92 Å². The highest BCUT2D eigenvalue weighted by Crippen LogP contribution is 2.24. The number of ether oxygens (including phenoxy) is 1. The molecule has 0 fully saturated rings. The van der Waals surface area contributed by atoms with E-state index in [0.717, 1.165) is 24.2 Å². The van der Waals surface area contributed by atoms with Gasteiger partial charge < -0.3 is 9.30 Å². The number of hydrogen-bond donors (Lipinski definition) is 0. The minimum Gasteiger partial charge on any atom is -0.487 e. The molecular formula is C20H18BrF2N3O2. The zero-order valence-electron chi connectivity index (χ0n) is 15.4. The normalized spacial score (nSPS) is 10.9. The van der Waals surface area contributed by atoms with Crippen molar-refractivity contribution >= 4 is 15.9 Å². The summed E-state index contributed by atoms with van der Waals surface area (Å²) in [7, 11) is 0. The van der Waals surface area contributed by atoms with Crippen LogP contribution in [0.1, 0.15) is 29.6 Å². The van der Waals surface area contributed by atoms with Gasteiger partial charge in [0, 0.05) is 29.6 Å². The lowest BCUT2D eigenvalue weighted by Gasteiger charge is -2.14. The fourth-order valence-electron chi connectivity index (χ4n) is 2.62. The maximum atomic E-state index is 13.8. The molecule has 3 aromatic rings. The highest BCUT2D eigenvalue weighted by molar-refractivity contribution is 9.10. The van der Waals surface area contributed by atoms with Crippen LogP contribution in [0.25, 0.3) is 0 Å². The first-order chi connectivity index (χ1) is 13.4. The summed E-state index contributed by atoms with van der Waals surface area (Å²) >= 11 is 3.26. The Morgan fingerprint density at radius 1 is 1.14 bits per heavy atom. The standard InChI is InChI=1S/C20H18BrF2N3O2/c1-3-15-8-25-16(9-24-15)10-26-12(2)6-18(19(21)20(26)27)28-11-13-4-5-14(22)7-17(13)23/h4-9H,3,10-11H2,1-2H3. The Labute approximate surface area is 169 Å². The third-order valence-electron chi connectivity index (χ3n) is 4.25.